The third-order valence-electron chi connectivity index (χ3n) is 13.0. The molecule has 0 bridgehead atoms. The number of carbonyl (C=O) groups is 6. The van der Waals surface area contributed by atoms with Gasteiger partial charge in [0.2, 0.25) is 23.6 Å². The van der Waals surface area contributed by atoms with Crippen molar-refractivity contribution in [1.29, 1.82) is 0 Å². The number of methoxy groups -OCH3 is 2. The highest BCUT2D eigenvalue weighted by atomic mass is 16.5. The topological polar surface area (TPSA) is 163 Å². The van der Waals surface area contributed by atoms with Crippen LogP contribution in [0.15, 0.2) is 30.3 Å². The van der Waals surface area contributed by atoms with Crippen LogP contribution in [0.2, 0.25) is 0 Å². The Morgan fingerprint density at radius 3 is 1.87 bits per heavy atom. The largest absolute Gasteiger partial charge is 0.480 e. The van der Waals surface area contributed by atoms with E-state index in [1.807, 2.05) is 92.6 Å². The van der Waals surface area contributed by atoms with E-state index in [0.29, 0.717) is 32.2 Å². The highest BCUT2D eigenvalue weighted by Gasteiger charge is 2.44. The second kappa shape index (κ2) is 24.6. The molecule has 340 valence electrons. The van der Waals surface area contributed by atoms with Gasteiger partial charge in [-0.15, -0.1) is 0 Å². The van der Waals surface area contributed by atoms with E-state index in [2.05, 4.69) is 5.32 Å². The molecule has 1 aromatic carbocycles. The molecule has 13 heteroatoms. The summed E-state index contributed by atoms with van der Waals surface area (Å²) in [5.74, 6) is -4.17. The fourth-order valence-electron chi connectivity index (χ4n) is 9.23. The number of likely N-dealkylation sites (tertiary alicyclic amines) is 1. The van der Waals surface area contributed by atoms with Crippen LogP contribution in [0.5, 0.6) is 0 Å². The summed E-state index contributed by atoms with van der Waals surface area (Å²) in [7, 11) is 6.45. The van der Waals surface area contributed by atoms with E-state index < -0.39 is 60.1 Å². The molecule has 0 saturated carbocycles. The normalized spacial score (nSPS) is 18.9. The molecule has 0 spiro atoms. The Labute approximate surface area is 360 Å². The number of ether oxygens (including phenoxy) is 2. The van der Waals surface area contributed by atoms with Gasteiger partial charge >= 0.3 is 5.97 Å². The van der Waals surface area contributed by atoms with Crippen LogP contribution in [0, 0.1) is 41.4 Å². The summed E-state index contributed by atoms with van der Waals surface area (Å²) in [6.45, 7) is 19.9. The number of amides is 4. The van der Waals surface area contributed by atoms with E-state index >= 15 is 0 Å². The number of benzene rings is 1. The van der Waals surface area contributed by atoms with E-state index in [0.717, 1.165) is 5.56 Å². The summed E-state index contributed by atoms with van der Waals surface area (Å²) < 4.78 is 12.0. The monoisotopic (exact) mass is 843 g/mol. The predicted octanol–water partition coefficient (Wildman–Crippen LogP) is 6.12. The maximum absolute atomic E-state index is 14.6. The molecule has 1 aliphatic rings. The third kappa shape index (κ3) is 13.6. The molecule has 0 radical (unpaired) electrons. The quantitative estimate of drug-likeness (QED) is 0.118. The van der Waals surface area contributed by atoms with Crippen molar-refractivity contribution in [3.05, 3.63) is 35.9 Å². The van der Waals surface area contributed by atoms with Crippen molar-refractivity contribution >= 4 is 35.4 Å². The van der Waals surface area contributed by atoms with Crippen molar-refractivity contribution in [2.75, 3.05) is 34.9 Å². The van der Waals surface area contributed by atoms with Gasteiger partial charge in [0.1, 0.15) is 6.04 Å². The van der Waals surface area contributed by atoms with Crippen molar-refractivity contribution in [3.63, 3.8) is 0 Å². The fraction of sp³-hybridized carbons (Fsp3) is 0.745. The first-order chi connectivity index (χ1) is 28.2. The average Bonchev–Trinajstić information content (AvgIpc) is 3.69. The number of hydrogen-bond donors (Lipinski definition) is 2. The summed E-state index contributed by atoms with van der Waals surface area (Å²) >= 11 is 0. The minimum Gasteiger partial charge on any atom is -0.480 e. The standard InChI is InChI=1S/C47H78N4O9/c1-15-31(9)42(50(12)46(56)35(29(5)6)26-38(52)41(30(7)8)49(11)45(55)34(16-2)28(3)4)39(59-13)27-40(53)51-24-20-23-37(51)43(60-14)32(10)44(54)48-36(47(57)58)25-33-21-18-17-19-22-33/h17-19,21-22,28-32,34-37,39,41-43H,15-16,20,23-27H2,1-14H3,(H,48,54)(H,57,58)/t31-,32+,34-,35-,36-,37-,39+,41-,42-,43+/m0/s1. The minimum atomic E-state index is -1.15. The number of rotatable bonds is 25. The Morgan fingerprint density at radius 1 is 0.800 bits per heavy atom. The van der Waals surface area contributed by atoms with Crippen LogP contribution in [-0.2, 0) is 44.7 Å². The van der Waals surface area contributed by atoms with E-state index in [1.165, 1.54) is 14.2 Å². The van der Waals surface area contributed by atoms with Gasteiger partial charge in [-0.2, -0.15) is 0 Å². The Balaban J connectivity index is 2.32. The number of carbonyl (C=O) groups excluding carboxylic acids is 5. The van der Waals surface area contributed by atoms with Gasteiger partial charge in [0.25, 0.3) is 0 Å². The molecule has 4 amide bonds. The number of hydrogen-bond acceptors (Lipinski definition) is 8. The second-order valence-corrected chi connectivity index (χ2v) is 18.1. The fourth-order valence-corrected chi connectivity index (χ4v) is 9.23. The average molecular weight is 843 g/mol. The lowest BCUT2D eigenvalue weighted by Gasteiger charge is -2.41. The smallest absolute Gasteiger partial charge is 0.326 e. The SMILES string of the molecule is CC[C@H](C(=O)N(C)[C@H](C(=O)C[C@H](C(=O)N(C)[C@@H]([C@@H](C)CC)[C@@H](CC(=O)N1CCC[C@H]1[C@H](OC)[C@@H](C)C(=O)N[C@@H](Cc1ccccc1)C(=O)O)OC)C(C)C)C(C)C)C(C)C. The number of Topliss-reactive ketones (excluding diaryl/α,β-unsaturated/α-hetero) is 1. The zero-order valence-corrected chi connectivity index (χ0v) is 39.1. The van der Waals surface area contributed by atoms with E-state index in [1.54, 1.807) is 35.7 Å². The third-order valence-corrected chi connectivity index (χ3v) is 13.0. The lowest BCUT2D eigenvalue weighted by Crippen LogP contribution is -2.55. The zero-order valence-electron chi connectivity index (χ0n) is 39.1. The lowest BCUT2D eigenvalue weighted by atomic mass is 9.83. The Morgan fingerprint density at radius 2 is 1.38 bits per heavy atom. The van der Waals surface area contributed by atoms with Crippen LogP contribution in [0.1, 0.15) is 113 Å². The number of nitrogens with zero attached hydrogens (tertiary/aromatic N) is 3. The number of aliphatic carboxylic acids is 1. The molecule has 2 rings (SSSR count). The van der Waals surface area contributed by atoms with Crippen molar-refractivity contribution < 1.29 is 43.3 Å². The van der Waals surface area contributed by atoms with Crippen LogP contribution in [-0.4, -0.2) is 126 Å². The van der Waals surface area contributed by atoms with Gasteiger partial charge < -0.3 is 34.6 Å². The molecule has 0 aromatic heterocycles. The molecule has 1 aliphatic heterocycles. The molecule has 1 aromatic rings. The highest BCUT2D eigenvalue weighted by Crippen LogP contribution is 2.31. The molecular formula is C47H78N4O9. The summed E-state index contributed by atoms with van der Waals surface area (Å²) in [5, 5.41) is 12.6. The van der Waals surface area contributed by atoms with Crippen molar-refractivity contribution in [2.24, 2.45) is 41.4 Å². The summed E-state index contributed by atoms with van der Waals surface area (Å²) in [4.78, 5) is 87.3. The van der Waals surface area contributed by atoms with Crippen LogP contribution in [0.4, 0.5) is 0 Å². The van der Waals surface area contributed by atoms with E-state index in [-0.39, 0.29) is 72.4 Å². The molecule has 2 N–H and O–H groups in total. The van der Waals surface area contributed by atoms with Crippen molar-refractivity contribution in [2.45, 2.75) is 151 Å². The number of nitrogens with one attached hydrogen (secondary N) is 1. The summed E-state index contributed by atoms with van der Waals surface area (Å²) in [5.41, 5.74) is 0.778. The van der Waals surface area contributed by atoms with Crippen molar-refractivity contribution in [3.8, 4) is 0 Å². The zero-order chi connectivity index (χ0) is 45.6. The maximum Gasteiger partial charge on any atom is 0.326 e. The predicted molar refractivity (Wildman–Crippen MR) is 234 cm³/mol. The van der Waals surface area contributed by atoms with Gasteiger partial charge in [0.15, 0.2) is 5.78 Å². The molecule has 10 atom stereocenters. The number of carboxylic acids is 1. The Bertz CT molecular complexity index is 1550. The van der Waals surface area contributed by atoms with Gasteiger partial charge in [-0.1, -0.05) is 106 Å². The summed E-state index contributed by atoms with van der Waals surface area (Å²) in [6, 6.07) is 6.33. The first-order valence-corrected chi connectivity index (χ1v) is 22.2. The maximum atomic E-state index is 14.6. The van der Waals surface area contributed by atoms with Gasteiger partial charge in [0, 0.05) is 59.5 Å². The molecule has 13 nitrogen and oxygen atoms in total. The lowest BCUT2D eigenvalue weighted by molar-refractivity contribution is -0.150. The molecule has 1 fully saturated rings. The minimum absolute atomic E-state index is 0.0251. The highest BCUT2D eigenvalue weighted by molar-refractivity contribution is 5.93. The summed E-state index contributed by atoms with van der Waals surface area (Å²) in [6.07, 6.45) is 1.34. The molecule has 60 heavy (non-hydrogen) atoms. The van der Waals surface area contributed by atoms with Crippen molar-refractivity contribution in [1.82, 2.24) is 20.0 Å². The first kappa shape index (κ1) is 52.3. The molecule has 0 unspecified atom stereocenters. The molecule has 0 aliphatic carbocycles. The first-order valence-electron chi connectivity index (χ1n) is 22.2. The van der Waals surface area contributed by atoms with Crippen LogP contribution < -0.4 is 5.32 Å². The number of likely N-dealkylation sites (N-methyl/N-ethyl adjacent to an activating group) is 2. The van der Waals surface area contributed by atoms with Crippen LogP contribution >= 0.6 is 0 Å². The van der Waals surface area contributed by atoms with Gasteiger partial charge in [0.05, 0.1) is 42.7 Å². The van der Waals surface area contributed by atoms with Crippen LogP contribution in [0.3, 0.4) is 0 Å². The molecule has 1 saturated heterocycles. The number of ketones is 1. The van der Waals surface area contributed by atoms with Gasteiger partial charge in [-0.3, -0.25) is 24.0 Å². The van der Waals surface area contributed by atoms with Gasteiger partial charge in [-0.05, 0) is 48.5 Å². The Hall–Kier alpha value is -3.84. The Kier molecular flexibility index (Phi) is 21.4. The van der Waals surface area contributed by atoms with Crippen LogP contribution in [0.25, 0.3) is 0 Å². The number of carboxylic acid groups (broad SMARTS) is 1. The van der Waals surface area contributed by atoms with E-state index in [9.17, 15) is 33.9 Å². The van der Waals surface area contributed by atoms with E-state index in [4.69, 9.17) is 9.47 Å². The molecular weight excluding hydrogens is 765 g/mol. The molecule has 1 heterocycles. The second-order valence-electron chi connectivity index (χ2n) is 18.1. The van der Waals surface area contributed by atoms with Gasteiger partial charge in [-0.25, -0.2) is 4.79 Å².